The van der Waals surface area contributed by atoms with Crippen molar-refractivity contribution in [2.24, 2.45) is 5.92 Å². The summed E-state index contributed by atoms with van der Waals surface area (Å²) in [6, 6.07) is 11.3. The van der Waals surface area contributed by atoms with Crippen molar-refractivity contribution < 1.29 is 9.90 Å². The van der Waals surface area contributed by atoms with Crippen LogP contribution >= 0.6 is 0 Å². The third-order valence-corrected chi connectivity index (χ3v) is 3.91. The normalized spacial score (nSPS) is 12.4. The van der Waals surface area contributed by atoms with Crippen LogP contribution in [-0.2, 0) is 0 Å². The molecule has 5 heteroatoms. The Labute approximate surface area is 131 Å². The first-order valence-electron chi connectivity index (χ1n) is 7.73. The highest BCUT2D eigenvalue weighted by molar-refractivity contribution is 5.92. The number of nitrogens with zero attached hydrogens (tertiary/aromatic N) is 2. The summed E-state index contributed by atoms with van der Waals surface area (Å²) in [7, 11) is 0. The van der Waals surface area contributed by atoms with Gasteiger partial charge < -0.3 is 10.4 Å². The first-order valence-corrected chi connectivity index (χ1v) is 7.73. The molecule has 0 bridgehead atoms. The number of nitrogens with one attached hydrogen (secondary N) is 1. The lowest BCUT2D eigenvalue weighted by Gasteiger charge is -2.19. The van der Waals surface area contributed by atoms with Crippen molar-refractivity contribution in [2.45, 2.75) is 32.8 Å². The van der Waals surface area contributed by atoms with Gasteiger partial charge in [-0.2, -0.15) is 5.10 Å². The number of carbonyl (C=O) groups is 1. The molecule has 2 aromatic rings. The van der Waals surface area contributed by atoms with Crippen molar-refractivity contribution in [3.63, 3.8) is 0 Å². The number of aromatic nitrogens is 2. The number of aliphatic hydroxyl groups is 1. The van der Waals surface area contributed by atoms with Gasteiger partial charge >= 0.3 is 0 Å². The summed E-state index contributed by atoms with van der Waals surface area (Å²) in [6.07, 6.45) is 3.03. The number of amides is 1. The fourth-order valence-electron chi connectivity index (χ4n) is 2.46. The van der Waals surface area contributed by atoms with E-state index in [2.05, 4.69) is 10.4 Å². The van der Waals surface area contributed by atoms with Gasteiger partial charge in [-0.25, -0.2) is 4.68 Å². The molecule has 0 saturated heterocycles. The van der Waals surface area contributed by atoms with Gasteiger partial charge in [-0.3, -0.25) is 4.79 Å². The molecule has 0 aliphatic carbocycles. The fraction of sp³-hybridized carbons (Fsp3) is 0.412. The molecule has 0 spiro atoms. The van der Waals surface area contributed by atoms with Crippen LogP contribution in [0.4, 0.5) is 0 Å². The van der Waals surface area contributed by atoms with E-state index in [9.17, 15) is 9.90 Å². The predicted molar refractivity (Wildman–Crippen MR) is 86.0 cm³/mol. The standard InChI is InChI=1S/C17H23N3O2/c1-3-13(4-2)16(21)12-18-17(22)15-10-11-20(19-15)14-8-6-5-7-9-14/h5-11,13,16,21H,3-4,12H2,1-2H3,(H,18,22). The molecule has 1 aromatic heterocycles. The number of benzene rings is 1. The van der Waals surface area contributed by atoms with Gasteiger partial charge in [-0.15, -0.1) is 0 Å². The van der Waals surface area contributed by atoms with Crippen molar-refractivity contribution >= 4 is 5.91 Å². The van der Waals surface area contributed by atoms with E-state index >= 15 is 0 Å². The van der Waals surface area contributed by atoms with Crippen LogP contribution in [0.2, 0.25) is 0 Å². The zero-order valence-corrected chi connectivity index (χ0v) is 13.1. The number of rotatable bonds is 7. The Morgan fingerprint density at radius 3 is 2.55 bits per heavy atom. The van der Waals surface area contributed by atoms with Gasteiger partial charge in [0, 0.05) is 12.7 Å². The minimum atomic E-state index is -0.518. The maximum absolute atomic E-state index is 12.1. The van der Waals surface area contributed by atoms with Gasteiger partial charge in [0.15, 0.2) is 5.69 Å². The monoisotopic (exact) mass is 301 g/mol. The summed E-state index contributed by atoms with van der Waals surface area (Å²) >= 11 is 0. The number of hydrogen-bond donors (Lipinski definition) is 2. The summed E-state index contributed by atoms with van der Waals surface area (Å²) in [5, 5.41) is 17.1. The van der Waals surface area contributed by atoms with Gasteiger partial charge in [0.25, 0.3) is 5.91 Å². The van der Waals surface area contributed by atoms with Crippen LogP contribution in [0.3, 0.4) is 0 Å². The van der Waals surface area contributed by atoms with E-state index in [1.807, 2.05) is 44.2 Å². The first-order chi connectivity index (χ1) is 10.7. The summed E-state index contributed by atoms with van der Waals surface area (Å²) in [4.78, 5) is 12.1. The molecule has 1 unspecified atom stereocenters. The number of carbonyl (C=O) groups excluding carboxylic acids is 1. The molecule has 1 atom stereocenters. The van der Waals surface area contributed by atoms with Crippen LogP contribution in [-0.4, -0.2) is 33.4 Å². The molecular formula is C17H23N3O2. The maximum Gasteiger partial charge on any atom is 0.271 e. The predicted octanol–water partition coefficient (Wildman–Crippen LogP) is 2.40. The van der Waals surface area contributed by atoms with Gasteiger partial charge in [0.05, 0.1) is 11.8 Å². The lowest BCUT2D eigenvalue weighted by Crippen LogP contribution is -2.36. The second-order valence-electron chi connectivity index (χ2n) is 5.34. The molecule has 0 aliphatic rings. The van der Waals surface area contributed by atoms with Crippen molar-refractivity contribution in [3.05, 3.63) is 48.3 Å². The molecule has 1 aromatic carbocycles. The van der Waals surface area contributed by atoms with E-state index in [1.165, 1.54) is 0 Å². The van der Waals surface area contributed by atoms with Gasteiger partial charge in [0.2, 0.25) is 0 Å². The van der Waals surface area contributed by atoms with Crippen LogP contribution in [0.5, 0.6) is 0 Å². The molecule has 0 radical (unpaired) electrons. The Bertz CT molecular complexity index is 591. The number of aliphatic hydroxyl groups excluding tert-OH is 1. The Morgan fingerprint density at radius 2 is 1.91 bits per heavy atom. The fourth-order valence-corrected chi connectivity index (χ4v) is 2.46. The van der Waals surface area contributed by atoms with Crippen LogP contribution < -0.4 is 5.32 Å². The molecular weight excluding hydrogens is 278 g/mol. The van der Waals surface area contributed by atoms with Gasteiger partial charge in [-0.05, 0) is 24.1 Å². The number of para-hydroxylation sites is 1. The smallest absolute Gasteiger partial charge is 0.271 e. The zero-order valence-electron chi connectivity index (χ0n) is 13.1. The van der Waals surface area contributed by atoms with Crippen molar-refractivity contribution in [1.29, 1.82) is 0 Å². The molecule has 5 nitrogen and oxygen atoms in total. The van der Waals surface area contributed by atoms with E-state index < -0.39 is 6.10 Å². The molecule has 0 aliphatic heterocycles. The molecule has 2 N–H and O–H groups in total. The highest BCUT2D eigenvalue weighted by Crippen LogP contribution is 2.12. The maximum atomic E-state index is 12.1. The van der Waals surface area contributed by atoms with E-state index in [0.717, 1.165) is 18.5 Å². The second-order valence-corrected chi connectivity index (χ2v) is 5.34. The summed E-state index contributed by atoms with van der Waals surface area (Å²) in [5.74, 6) is -0.0538. The van der Waals surface area contributed by atoms with Crippen molar-refractivity contribution in [2.75, 3.05) is 6.54 Å². The molecule has 1 heterocycles. The Kier molecular flexibility index (Phi) is 5.72. The molecule has 118 valence electrons. The van der Waals surface area contributed by atoms with E-state index in [4.69, 9.17) is 0 Å². The Morgan fingerprint density at radius 1 is 1.23 bits per heavy atom. The Hall–Kier alpha value is -2.14. The van der Waals surface area contributed by atoms with Gasteiger partial charge in [-0.1, -0.05) is 44.9 Å². The topological polar surface area (TPSA) is 67.2 Å². The van der Waals surface area contributed by atoms with Crippen LogP contribution in [0.25, 0.3) is 5.69 Å². The Balaban J connectivity index is 1.95. The molecule has 0 saturated carbocycles. The molecule has 2 rings (SSSR count). The van der Waals surface area contributed by atoms with E-state index in [0.29, 0.717) is 5.69 Å². The van der Waals surface area contributed by atoms with Crippen molar-refractivity contribution in [1.82, 2.24) is 15.1 Å². The highest BCUT2D eigenvalue weighted by Gasteiger charge is 2.17. The SMILES string of the molecule is CCC(CC)C(O)CNC(=O)c1ccn(-c2ccccc2)n1. The quantitative estimate of drug-likeness (QED) is 0.825. The van der Waals surface area contributed by atoms with Crippen LogP contribution in [0.15, 0.2) is 42.6 Å². The highest BCUT2D eigenvalue weighted by atomic mass is 16.3. The first kappa shape index (κ1) is 16.2. The third kappa shape index (κ3) is 3.95. The average molecular weight is 301 g/mol. The molecule has 22 heavy (non-hydrogen) atoms. The van der Waals surface area contributed by atoms with Crippen molar-refractivity contribution in [3.8, 4) is 5.69 Å². The molecule has 0 fully saturated rings. The van der Waals surface area contributed by atoms with Gasteiger partial charge in [0.1, 0.15) is 0 Å². The number of hydrogen-bond acceptors (Lipinski definition) is 3. The lowest BCUT2D eigenvalue weighted by atomic mass is 9.96. The lowest BCUT2D eigenvalue weighted by molar-refractivity contribution is 0.0812. The summed E-state index contributed by atoms with van der Waals surface area (Å²) in [5.41, 5.74) is 1.25. The average Bonchev–Trinajstić information content (AvgIpc) is 3.04. The largest absolute Gasteiger partial charge is 0.391 e. The molecule has 1 amide bonds. The second kappa shape index (κ2) is 7.75. The van der Waals surface area contributed by atoms with E-state index in [1.54, 1.807) is 16.9 Å². The van der Waals surface area contributed by atoms with Crippen LogP contribution in [0, 0.1) is 5.92 Å². The van der Waals surface area contributed by atoms with Crippen LogP contribution in [0.1, 0.15) is 37.2 Å². The van der Waals surface area contributed by atoms with E-state index in [-0.39, 0.29) is 18.4 Å². The third-order valence-electron chi connectivity index (χ3n) is 3.91. The zero-order chi connectivity index (χ0) is 15.9. The summed E-state index contributed by atoms with van der Waals surface area (Å²) in [6.45, 7) is 4.34. The minimum Gasteiger partial charge on any atom is -0.391 e. The summed E-state index contributed by atoms with van der Waals surface area (Å²) < 4.78 is 1.66. The minimum absolute atomic E-state index is 0.210.